The van der Waals surface area contributed by atoms with Gasteiger partial charge in [-0.1, -0.05) is 121 Å². The lowest BCUT2D eigenvalue weighted by atomic mass is 9.35. The van der Waals surface area contributed by atoms with Gasteiger partial charge in [-0.2, -0.15) is 0 Å². The summed E-state index contributed by atoms with van der Waals surface area (Å²) in [4.78, 5) is 2.32. The van der Waals surface area contributed by atoms with Crippen LogP contribution in [0.5, 0.6) is 23.0 Å². The van der Waals surface area contributed by atoms with E-state index in [-0.39, 0.29) is 6.71 Å². The molecule has 0 unspecified atom stereocenters. The Morgan fingerprint density at radius 2 is 1.04 bits per heavy atom. The lowest BCUT2D eigenvalue weighted by Crippen LogP contribution is -2.57. The second kappa shape index (κ2) is 10.9. The average Bonchev–Trinajstić information content (AvgIpc) is 3.57. The normalized spacial score (nSPS) is 12.6. The number of hydrogen-bond acceptors (Lipinski definition) is 4. The van der Waals surface area contributed by atoms with Crippen LogP contribution in [-0.4, -0.2) is 6.71 Å². The maximum Gasteiger partial charge on any atom is 0.260 e. The number of nitrogens with zero attached hydrogens (tertiary/aromatic N) is 1. The Morgan fingerprint density at radius 3 is 1.78 bits per heavy atom. The zero-order chi connectivity index (χ0) is 33.5. The molecule has 0 fully saturated rings. The Bertz CT molecular complexity index is 2800. The monoisotopic (exact) mass is 653 g/mol. The minimum Gasteiger partial charge on any atom is -0.458 e. The first-order chi connectivity index (χ1) is 25.3. The summed E-state index contributed by atoms with van der Waals surface area (Å²) >= 11 is 0. The van der Waals surface area contributed by atoms with Gasteiger partial charge < -0.3 is 18.8 Å². The van der Waals surface area contributed by atoms with Crippen molar-refractivity contribution >= 4 is 72.9 Å². The molecule has 0 radical (unpaired) electrons. The van der Waals surface area contributed by atoms with Crippen molar-refractivity contribution < 1.29 is 13.9 Å². The van der Waals surface area contributed by atoms with Crippen molar-refractivity contribution in [3.63, 3.8) is 0 Å². The first kappa shape index (κ1) is 28.2. The lowest BCUT2D eigenvalue weighted by molar-refractivity contribution is 0.462. The van der Waals surface area contributed by atoms with Gasteiger partial charge in [-0.25, -0.2) is 0 Å². The minimum absolute atomic E-state index is 0.0257. The molecule has 0 bridgehead atoms. The van der Waals surface area contributed by atoms with Crippen molar-refractivity contribution in [3.8, 4) is 34.1 Å². The van der Waals surface area contributed by atoms with Crippen molar-refractivity contribution in [3.05, 3.63) is 170 Å². The molecule has 2 aliphatic heterocycles. The molecule has 4 nitrogen and oxygen atoms in total. The average molecular weight is 654 g/mol. The molecule has 3 heterocycles. The van der Waals surface area contributed by atoms with Crippen LogP contribution < -0.4 is 30.8 Å². The number of fused-ring (bicyclic) bond motifs is 10. The van der Waals surface area contributed by atoms with Gasteiger partial charge in [-0.05, 0) is 69.9 Å². The molecule has 51 heavy (non-hydrogen) atoms. The topological polar surface area (TPSA) is 34.8 Å². The van der Waals surface area contributed by atoms with Crippen LogP contribution in [0.3, 0.4) is 0 Å². The second-order valence-electron chi connectivity index (χ2n) is 13.2. The summed E-state index contributed by atoms with van der Waals surface area (Å²) < 4.78 is 20.4. The van der Waals surface area contributed by atoms with E-state index in [0.29, 0.717) is 0 Å². The lowest BCUT2D eigenvalue weighted by Gasteiger charge is -2.32. The predicted molar refractivity (Wildman–Crippen MR) is 209 cm³/mol. The van der Waals surface area contributed by atoms with E-state index >= 15 is 0 Å². The van der Waals surface area contributed by atoms with E-state index in [2.05, 4.69) is 150 Å². The van der Waals surface area contributed by atoms with Gasteiger partial charge in [-0.15, -0.1) is 0 Å². The Kier molecular flexibility index (Phi) is 6.01. The smallest absolute Gasteiger partial charge is 0.260 e. The molecule has 0 N–H and O–H groups in total. The van der Waals surface area contributed by atoms with Gasteiger partial charge in [0, 0.05) is 39.1 Å². The molecule has 11 rings (SSSR count). The van der Waals surface area contributed by atoms with Crippen LogP contribution in [0.1, 0.15) is 0 Å². The van der Waals surface area contributed by atoms with E-state index in [4.69, 9.17) is 13.9 Å². The highest BCUT2D eigenvalue weighted by Crippen LogP contribution is 2.48. The fourth-order valence-electron chi connectivity index (χ4n) is 8.13. The number of benzene rings is 8. The second-order valence-corrected chi connectivity index (χ2v) is 13.2. The van der Waals surface area contributed by atoms with Gasteiger partial charge in [0.1, 0.15) is 22.8 Å². The third-order valence-corrected chi connectivity index (χ3v) is 10.4. The van der Waals surface area contributed by atoms with E-state index in [1.54, 1.807) is 0 Å². The van der Waals surface area contributed by atoms with E-state index < -0.39 is 0 Å². The summed E-state index contributed by atoms with van der Waals surface area (Å²) in [6, 6.07) is 59.4. The van der Waals surface area contributed by atoms with E-state index in [9.17, 15) is 0 Å². The Balaban J connectivity index is 1.17. The quantitative estimate of drug-likeness (QED) is 0.177. The van der Waals surface area contributed by atoms with Gasteiger partial charge in [0.05, 0.1) is 5.69 Å². The molecule has 0 atom stereocenters. The fourth-order valence-corrected chi connectivity index (χ4v) is 8.13. The van der Waals surface area contributed by atoms with Crippen LogP contribution in [0.25, 0.3) is 43.8 Å². The summed E-state index contributed by atoms with van der Waals surface area (Å²) in [6.45, 7) is -0.0257. The molecule has 0 saturated heterocycles. The van der Waals surface area contributed by atoms with Crippen molar-refractivity contribution in [2.75, 3.05) is 4.90 Å². The summed E-state index contributed by atoms with van der Waals surface area (Å²) in [5, 5.41) is 4.22. The van der Waals surface area contributed by atoms with Crippen LogP contribution in [0, 0.1) is 0 Å². The molecule has 0 saturated carbocycles. The molecule has 2 aliphatic rings. The third kappa shape index (κ3) is 4.22. The SMILES string of the molecule is c1ccc(-c2ccc(N(c3ccccc3)c3cc4oc5c6c7c(cc5c4c4ccccc34)Oc3ccccc3B7c3ccccc3O6)cc2)cc1. The van der Waals surface area contributed by atoms with Crippen molar-refractivity contribution in [2.24, 2.45) is 0 Å². The molecule has 8 aromatic carbocycles. The van der Waals surface area contributed by atoms with Gasteiger partial charge >= 0.3 is 0 Å². The Morgan fingerprint density at radius 1 is 0.451 bits per heavy atom. The van der Waals surface area contributed by atoms with Crippen LogP contribution in [-0.2, 0) is 0 Å². The predicted octanol–water partition coefficient (Wildman–Crippen LogP) is 10.6. The molecular formula is C46H28BNO3. The molecular weight excluding hydrogens is 625 g/mol. The van der Waals surface area contributed by atoms with Crippen molar-refractivity contribution in [1.82, 2.24) is 0 Å². The summed E-state index contributed by atoms with van der Waals surface area (Å²) in [5.74, 6) is 3.23. The molecule has 0 spiro atoms. The zero-order valence-electron chi connectivity index (χ0n) is 27.4. The molecule has 5 heteroatoms. The van der Waals surface area contributed by atoms with Crippen molar-refractivity contribution in [2.45, 2.75) is 0 Å². The molecule has 0 amide bonds. The first-order valence-corrected chi connectivity index (χ1v) is 17.3. The molecule has 0 aliphatic carbocycles. The maximum atomic E-state index is 6.97. The zero-order valence-corrected chi connectivity index (χ0v) is 27.4. The van der Waals surface area contributed by atoms with Gasteiger partial charge in [0.25, 0.3) is 6.71 Å². The number of anilines is 3. The van der Waals surface area contributed by atoms with Gasteiger partial charge in [0.15, 0.2) is 11.3 Å². The number of rotatable bonds is 4. The first-order valence-electron chi connectivity index (χ1n) is 17.3. The Labute approximate surface area is 294 Å². The molecule has 1 aromatic heterocycles. The largest absolute Gasteiger partial charge is 0.458 e. The van der Waals surface area contributed by atoms with Crippen molar-refractivity contribution in [1.29, 1.82) is 0 Å². The van der Waals surface area contributed by atoms with Crippen LogP contribution in [0.4, 0.5) is 17.1 Å². The summed E-state index contributed by atoms with van der Waals surface area (Å²) in [7, 11) is 0. The highest BCUT2D eigenvalue weighted by Gasteiger charge is 2.42. The van der Waals surface area contributed by atoms with Crippen LogP contribution in [0.15, 0.2) is 174 Å². The van der Waals surface area contributed by atoms with Crippen LogP contribution >= 0.6 is 0 Å². The minimum atomic E-state index is -0.0257. The maximum absolute atomic E-state index is 6.97. The fraction of sp³-hybridized carbons (Fsp3) is 0. The highest BCUT2D eigenvalue weighted by atomic mass is 16.5. The van der Waals surface area contributed by atoms with E-state index in [0.717, 1.165) is 89.2 Å². The van der Waals surface area contributed by atoms with E-state index in [1.165, 1.54) is 11.1 Å². The van der Waals surface area contributed by atoms with Gasteiger partial charge in [-0.3, -0.25) is 0 Å². The van der Waals surface area contributed by atoms with Gasteiger partial charge in [0.2, 0.25) is 0 Å². The summed E-state index contributed by atoms with van der Waals surface area (Å²) in [6.07, 6.45) is 0. The number of furan rings is 1. The third-order valence-electron chi connectivity index (χ3n) is 10.4. The van der Waals surface area contributed by atoms with E-state index in [1.807, 2.05) is 24.3 Å². The Hall–Kier alpha value is -6.72. The molecule has 9 aromatic rings. The summed E-state index contributed by atoms with van der Waals surface area (Å²) in [5.41, 5.74) is 10.3. The standard InChI is InChI=1S/C46H28BNO3/c1-3-13-29(14-4-1)30-23-25-32(26-24-30)48(31-15-5-2-6-16-31)38-28-41-43(34-18-8-7-17-33(34)38)35-27-42-44-46(45(35)51-41)50-40-22-12-10-20-37(40)47(44)36-19-9-11-21-39(36)49-42/h1-28H. The number of hydrogen-bond donors (Lipinski definition) is 0. The molecule has 238 valence electrons. The number of para-hydroxylation sites is 3. The van der Waals surface area contributed by atoms with Crippen LogP contribution in [0.2, 0.25) is 0 Å². The highest BCUT2D eigenvalue weighted by molar-refractivity contribution is 6.98. The number of ether oxygens (including phenoxy) is 2.